The lowest BCUT2D eigenvalue weighted by molar-refractivity contribution is -0.0184. The van der Waals surface area contributed by atoms with Crippen LogP contribution >= 0.6 is 0 Å². The molecule has 37 heavy (non-hydrogen) atoms. The summed E-state index contributed by atoms with van der Waals surface area (Å²) >= 11 is 0. The Kier molecular flexibility index (Phi) is 15.1. The Hall–Kier alpha value is -0.440. The maximum absolute atomic E-state index is 14.2. The normalized spacial score (nSPS) is 33.8. The number of ether oxygens (including phenoxy) is 1. The van der Waals surface area contributed by atoms with Gasteiger partial charge in [-0.05, 0) is 120 Å². The Balaban J connectivity index is 1.28. The molecule has 3 aliphatic rings. The molecule has 0 N–H and O–H groups in total. The second-order valence-electron chi connectivity index (χ2n) is 13.3. The van der Waals surface area contributed by atoms with Gasteiger partial charge >= 0.3 is 0 Å². The van der Waals surface area contributed by atoms with E-state index in [1.165, 1.54) is 109 Å². The average molecular weight is 520 g/mol. The number of halogens is 1. The van der Waals surface area contributed by atoms with E-state index in [1.54, 1.807) is 0 Å². The zero-order valence-electron chi connectivity index (χ0n) is 24.8. The van der Waals surface area contributed by atoms with Gasteiger partial charge in [-0.15, -0.1) is 0 Å². The van der Waals surface area contributed by atoms with Crippen molar-refractivity contribution in [1.82, 2.24) is 0 Å². The van der Waals surface area contributed by atoms with Gasteiger partial charge in [0, 0.05) is 0 Å². The third kappa shape index (κ3) is 10.9. The van der Waals surface area contributed by atoms with Crippen molar-refractivity contribution < 1.29 is 9.13 Å². The maximum Gasteiger partial charge on any atom is 0.123 e. The molecule has 3 aliphatic carbocycles. The number of rotatable bonds is 17. The molecule has 0 spiro atoms. The van der Waals surface area contributed by atoms with Crippen LogP contribution in [0.15, 0.2) is 4.99 Å². The fourth-order valence-corrected chi connectivity index (χ4v) is 8.17. The standard InChI is InChI=1S/C34H62FNO/c1-4-6-8-10-11-13-30-19-20-31(25-34(30)36-3)29-17-15-27(16-18-29)28-21-23-33(24-22-28)37-26-32(35)14-12-9-7-5-2/h27-34H,3-26H2,1-2H3. The topological polar surface area (TPSA) is 21.6 Å². The number of nitrogens with zero attached hydrogens (tertiary/aromatic N) is 1. The summed E-state index contributed by atoms with van der Waals surface area (Å²) in [6.07, 6.45) is 28.0. The highest BCUT2D eigenvalue weighted by atomic mass is 19.1. The van der Waals surface area contributed by atoms with Crippen molar-refractivity contribution in [3.8, 4) is 0 Å². The molecule has 3 fully saturated rings. The van der Waals surface area contributed by atoms with Crippen LogP contribution < -0.4 is 0 Å². The van der Waals surface area contributed by atoms with Crippen LogP contribution in [0.3, 0.4) is 0 Å². The molecular formula is C34H62FNO. The van der Waals surface area contributed by atoms with Crippen LogP contribution in [0.5, 0.6) is 0 Å². The van der Waals surface area contributed by atoms with E-state index in [1.807, 2.05) is 0 Å². The lowest BCUT2D eigenvalue weighted by atomic mass is 9.64. The zero-order valence-corrected chi connectivity index (χ0v) is 24.8. The molecular weight excluding hydrogens is 457 g/mol. The predicted octanol–water partition coefficient (Wildman–Crippen LogP) is 10.5. The summed E-state index contributed by atoms with van der Waals surface area (Å²) in [7, 11) is 0. The molecule has 4 unspecified atom stereocenters. The Morgan fingerprint density at radius 2 is 1.24 bits per heavy atom. The van der Waals surface area contributed by atoms with Gasteiger partial charge in [-0.2, -0.15) is 0 Å². The van der Waals surface area contributed by atoms with Gasteiger partial charge in [0.1, 0.15) is 6.17 Å². The van der Waals surface area contributed by atoms with E-state index < -0.39 is 6.17 Å². The van der Waals surface area contributed by atoms with Gasteiger partial charge < -0.3 is 4.74 Å². The maximum atomic E-state index is 14.2. The van der Waals surface area contributed by atoms with Crippen LogP contribution in [-0.2, 0) is 4.74 Å². The molecule has 0 saturated heterocycles. The third-order valence-corrected chi connectivity index (χ3v) is 10.7. The van der Waals surface area contributed by atoms with E-state index >= 15 is 0 Å². The summed E-state index contributed by atoms with van der Waals surface area (Å²) in [5.74, 6) is 4.45. The van der Waals surface area contributed by atoms with E-state index in [0.717, 1.165) is 55.3 Å². The van der Waals surface area contributed by atoms with Gasteiger partial charge in [0.2, 0.25) is 0 Å². The monoisotopic (exact) mass is 519 g/mol. The molecule has 4 atom stereocenters. The molecule has 0 aromatic heterocycles. The summed E-state index contributed by atoms with van der Waals surface area (Å²) < 4.78 is 20.2. The largest absolute Gasteiger partial charge is 0.375 e. The number of hydrogen-bond donors (Lipinski definition) is 0. The van der Waals surface area contributed by atoms with Crippen LogP contribution in [0, 0.1) is 29.6 Å². The molecule has 0 aromatic rings. The summed E-state index contributed by atoms with van der Waals surface area (Å²) in [6, 6.07) is 0.526. The molecule has 3 heteroatoms. The average Bonchev–Trinajstić information content (AvgIpc) is 2.94. The Morgan fingerprint density at radius 3 is 1.86 bits per heavy atom. The smallest absolute Gasteiger partial charge is 0.123 e. The first kappa shape index (κ1) is 31.1. The highest BCUT2D eigenvalue weighted by molar-refractivity contribution is 5.24. The van der Waals surface area contributed by atoms with Gasteiger partial charge in [-0.1, -0.05) is 71.6 Å². The first-order valence-electron chi connectivity index (χ1n) is 16.9. The summed E-state index contributed by atoms with van der Waals surface area (Å²) in [6.45, 7) is 8.84. The van der Waals surface area contributed by atoms with Gasteiger partial charge in [0.05, 0.1) is 18.8 Å². The van der Waals surface area contributed by atoms with Crippen LogP contribution in [0.2, 0.25) is 0 Å². The fraction of sp³-hybridized carbons (Fsp3) is 0.971. The highest BCUT2D eigenvalue weighted by Crippen LogP contribution is 2.46. The minimum Gasteiger partial charge on any atom is -0.375 e. The fourth-order valence-electron chi connectivity index (χ4n) is 8.17. The molecule has 2 nitrogen and oxygen atoms in total. The van der Waals surface area contributed by atoms with Crippen molar-refractivity contribution in [3.05, 3.63) is 0 Å². The third-order valence-electron chi connectivity index (χ3n) is 10.7. The van der Waals surface area contributed by atoms with Gasteiger partial charge in [-0.25, -0.2) is 4.39 Å². The summed E-state index contributed by atoms with van der Waals surface area (Å²) in [5, 5.41) is 0. The summed E-state index contributed by atoms with van der Waals surface area (Å²) in [4.78, 5) is 4.65. The van der Waals surface area contributed by atoms with Crippen LogP contribution in [0.1, 0.15) is 155 Å². The van der Waals surface area contributed by atoms with Crippen LogP contribution in [0.25, 0.3) is 0 Å². The Labute approximate surface area is 230 Å². The van der Waals surface area contributed by atoms with E-state index in [0.29, 0.717) is 25.2 Å². The SMILES string of the molecule is C=NC1CC(C2CCC(C3CCC(OCC(F)CCCCCC)CC3)CC2)CCC1CCCCCCC. The van der Waals surface area contributed by atoms with Crippen molar-refractivity contribution in [2.45, 2.75) is 173 Å². The van der Waals surface area contributed by atoms with Crippen molar-refractivity contribution in [2.75, 3.05) is 6.61 Å². The number of unbranched alkanes of at least 4 members (excludes halogenated alkanes) is 7. The molecule has 3 saturated carbocycles. The van der Waals surface area contributed by atoms with Crippen molar-refractivity contribution in [1.29, 1.82) is 0 Å². The number of hydrogen-bond acceptors (Lipinski definition) is 2. The molecule has 0 aliphatic heterocycles. The van der Waals surface area contributed by atoms with Gasteiger partial charge in [0.15, 0.2) is 0 Å². The second kappa shape index (κ2) is 18.0. The molecule has 216 valence electrons. The Bertz CT molecular complexity index is 580. The van der Waals surface area contributed by atoms with Crippen molar-refractivity contribution in [3.63, 3.8) is 0 Å². The first-order chi connectivity index (χ1) is 18.1. The first-order valence-corrected chi connectivity index (χ1v) is 16.9. The lowest BCUT2D eigenvalue weighted by Gasteiger charge is -2.42. The zero-order chi connectivity index (χ0) is 26.3. The molecule has 0 amide bonds. The second-order valence-corrected chi connectivity index (χ2v) is 13.3. The minimum absolute atomic E-state index is 0.312. The molecule has 3 rings (SSSR count). The molecule has 0 bridgehead atoms. The predicted molar refractivity (Wildman–Crippen MR) is 158 cm³/mol. The van der Waals surface area contributed by atoms with Gasteiger partial charge in [-0.3, -0.25) is 4.99 Å². The lowest BCUT2D eigenvalue weighted by Crippen LogP contribution is -2.34. The summed E-state index contributed by atoms with van der Waals surface area (Å²) in [5.41, 5.74) is 0. The van der Waals surface area contributed by atoms with Gasteiger partial charge in [0.25, 0.3) is 0 Å². The molecule has 0 heterocycles. The molecule has 0 aromatic carbocycles. The number of alkyl halides is 1. The van der Waals surface area contributed by atoms with E-state index in [2.05, 4.69) is 25.6 Å². The minimum atomic E-state index is -0.762. The van der Waals surface area contributed by atoms with Crippen molar-refractivity contribution >= 4 is 6.72 Å². The van der Waals surface area contributed by atoms with E-state index in [9.17, 15) is 4.39 Å². The van der Waals surface area contributed by atoms with Crippen LogP contribution in [0.4, 0.5) is 4.39 Å². The van der Waals surface area contributed by atoms with Crippen molar-refractivity contribution in [2.24, 2.45) is 34.6 Å². The van der Waals surface area contributed by atoms with E-state index in [4.69, 9.17) is 4.74 Å². The number of aliphatic imine (C=N–C) groups is 1. The Morgan fingerprint density at radius 1 is 0.703 bits per heavy atom. The quantitative estimate of drug-likeness (QED) is 0.138. The van der Waals surface area contributed by atoms with E-state index in [-0.39, 0.29) is 0 Å². The molecule has 0 radical (unpaired) electrons. The van der Waals surface area contributed by atoms with Crippen LogP contribution in [-0.4, -0.2) is 31.6 Å². The highest BCUT2D eigenvalue weighted by Gasteiger charge is 2.37.